The van der Waals surface area contributed by atoms with E-state index in [0.29, 0.717) is 0 Å². The second kappa shape index (κ2) is 3.81. The lowest BCUT2D eigenvalue weighted by atomic mass is 10.1. The van der Waals surface area contributed by atoms with Gasteiger partial charge in [0.05, 0.1) is 29.8 Å². The fourth-order valence-corrected chi connectivity index (χ4v) is 2.07. The van der Waals surface area contributed by atoms with Gasteiger partial charge in [0.25, 0.3) is 0 Å². The van der Waals surface area contributed by atoms with Crippen molar-refractivity contribution in [2.45, 2.75) is 31.5 Å². The van der Waals surface area contributed by atoms with E-state index in [9.17, 15) is 13.2 Å². The number of halogens is 3. The minimum Gasteiger partial charge on any atom is -0.268 e. The van der Waals surface area contributed by atoms with Crippen LogP contribution in [-0.2, 0) is 6.18 Å². The molecule has 0 aliphatic heterocycles. The Labute approximate surface area is 90.5 Å². The highest BCUT2D eigenvalue weighted by atomic mass is 19.4. The molecule has 0 saturated heterocycles. The first-order valence-corrected chi connectivity index (χ1v) is 5.03. The lowest BCUT2D eigenvalue weighted by Crippen LogP contribution is -2.13. The maximum absolute atomic E-state index is 12.3. The minimum absolute atomic E-state index is 0.207. The number of rotatable bonds is 1. The van der Waals surface area contributed by atoms with Gasteiger partial charge >= 0.3 is 6.18 Å². The van der Waals surface area contributed by atoms with Crippen LogP contribution in [-0.4, -0.2) is 9.78 Å². The van der Waals surface area contributed by atoms with Gasteiger partial charge in [-0.15, -0.1) is 0 Å². The van der Waals surface area contributed by atoms with Crippen molar-refractivity contribution >= 4 is 0 Å². The summed E-state index contributed by atoms with van der Waals surface area (Å²) in [4.78, 5) is 0. The average molecular weight is 229 g/mol. The number of nitriles is 1. The van der Waals surface area contributed by atoms with Gasteiger partial charge in [0.15, 0.2) is 0 Å². The molecule has 1 heterocycles. The summed E-state index contributed by atoms with van der Waals surface area (Å²) in [5, 5.41) is 12.6. The Hall–Kier alpha value is -1.51. The smallest absolute Gasteiger partial charge is 0.268 e. The maximum atomic E-state index is 12.3. The van der Waals surface area contributed by atoms with Crippen LogP contribution in [0.3, 0.4) is 0 Å². The summed E-state index contributed by atoms with van der Waals surface area (Å²) in [6, 6.07) is 1.91. The maximum Gasteiger partial charge on any atom is 0.419 e. The lowest BCUT2D eigenvalue weighted by molar-refractivity contribution is -0.137. The first-order chi connectivity index (χ1) is 7.52. The predicted octanol–water partition coefficient (Wildman–Crippen LogP) is 2.77. The molecule has 86 valence electrons. The molecule has 1 aromatic rings. The van der Waals surface area contributed by atoms with E-state index in [4.69, 9.17) is 5.26 Å². The third kappa shape index (κ3) is 1.90. The van der Waals surface area contributed by atoms with E-state index in [1.807, 2.05) is 0 Å². The van der Waals surface area contributed by atoms with E-state index < -0.39 is 11.7 Å². The largest absolute Gasteiger partial charge is 0.419 e. The fourth-order valence-electron chi connectivity index (χ4n) is 2.07. The Morgan fingerprint density at radius 1 is 1.44 bits per heavy atom. The first-order valence-electron chi connectivity index (χ1n) is 5.03. The summed E-state index contributed by atoms with van der Waals surface area (Å²) in [6.07, 6.45) is -0.240. The molecule has 1 aliphatic carbocycles. The Bertz CT molecular complexity index is 416. The summed E-state index contributed by atoms with van der Waals surface area (Å²) in [7, 11) is 0. The zero-order chi connectivity index (χ0) is 11.8. The van der Waals surface area contributed by atoms with Crippen LogP contribution >= 0.6 is 0 Å². The average Bonchev–Trinajstić information content (AvgIpc) is 2.84. The molecule has 0 spiro atoms. The molecular weight excluding hydrogens is 219 g/mol. The molecule has 16 heavy (non-hydrogen) atoms. The van der Waals surface area contributed by atoms with Crippen molar-refractivity contribution in [2.24, 2.45) is 5.92 Å². The zero-order valence-corrected chi connectivity index (χ0v) is 8.41. The molecule has 0 amide bonds. The van der Waals surface area contributed by atoms with Gasteiger partial charge in [-0.1, -0.05) is 0 Å². The topological polar surface area (TPSA) is 41.6 Å². The van der Waals surface area contributed by atoms with Crippen molar-refractivity contribution in [2.75, 3.05) is 0 Å². The van der Waals surface area contributed by atoms with E-state index >= 15 is 0 Å². The van der Waals surface area contributed by atoms with Crippen LogP contribution in [0.4, 0.5) is 13.2 Å². The number of hydrogen-bond donors (Lipinski definition) is 0. The molecule has 3 nitrogen and oxygen atoms in total. The van der Waals surface area contributed by atoms with Gasteiger partial charge in [-0.2, -0.15) is 23.5 Å². The SMILES string of the molecule is N#CC1CCCC1n1cc(C(F)(F)F)cn1. The number of aromatic nitrogens is 2. The molecule has 6 heteroatoms. The van der Waals surface area contributed by atoms with Gasteiger partial charge in [0, 0.05) is 6.20 Å². The molecule has 0 bridgehead atoms. The predicted molar refractivity (Wildman–Crippen MR) is 49.2 cm³/mol. The van der Waals surface area contributed by atoms with E-state index in [2.05, 4.69) is 11.2 Å². The van der Waals surface area contributed by atoms with E-state index in [0.717, 1.165) is 31.7 Å². The molecule has 0 radical (unpaired) electrons. The summed E-state index contributed by atoms with van der Waals surface area (Å²) in [5.41, 5.74) is -0.754. The Balaban J connectivity index is 2.23. The number of alkyl halides is 3. The van der Waals surface area contributed by atoms with Crippen molar-refractivity contribution < 1.29 is 13.2 Å². The van der Waals surface area contributed by atoms with E-state index in [-0.39, 0.29) is 12.0 Å². The number of nitrogens with zero attached hydrogens (tertiary/aromatic N) is 3. The molecule has 0 aromatic carbocycles. The molecule has 1 saturated carbocycles. The lowest BCUT2D eigenvalue weighted by Gasteiger charge is -2.13. The Kier molecular flexibility index (Phi) is 2.62. The van der Waals surface area contributed by atoms with Gasteiger partial charge in [0.2, 0.25) is 0 Å². The summed E-state index contributed by atoms with van der Waals surface area (Å²) >= 11 is 0. The van der Waals surface area contributed by atoms with Crippen molar-refractivity contribution in [3.63, 3.8) is 0 Å². The van der Waals surface area contributed by atoms with Gasteiger partial charge < -0.3 is 0 Å². The highest BCUT2D eigenvalue weighted by molar-refractivity contribution is 5.10. The van der Waals surface area contributed by atoms with Gasteiger partial charge in [0.1, 0.15) is 0 Å². The van der Waals surface area contributed by atoms with Gasteiger partial charge in [-0.05, 0) is 19.3 Å². The van der Waals surface area contributed by atoms with Gasteiger partial charge in [-0.3, -0.25) is 4.68 Å². The van der Waals surface area contributed by atoms with Crippen molar-refractivity contribution in [3.8, 4) is 6.07 Å². The standard InChI is InChI=1S/C10H10F3N3/c11-10(12,13)8-5-15-16(6-8)9-3-1-2-7(9)4-14/h5-7,9H,1-3H2. The highest BCUT2D eigenvalue weighted by Crippen LogP contribution is 2.36. The molecular formula is C10H10F3N3. The third-order valence-corrected chi connectivity index (χ3v) is 2.91. The molecule has 1 aromatic heterocycles. The second-order valence-electron chi connectivity index (χ2n) is 3.94. The summed E-state index contributed by atoms with van der Waals surface area (Å²) in [6.45, 7) is 0. The summed E-state index contributed by atoms with van der Waals surface area (Å²) in [5.74, 6) is -0.221. The highest BCUT2D eigenvalue weighted by Gasteiger charge is 2.35. The molecule has 2 rings (SSSR count). The van der Waals surface area contributed by atoms with Crippen molar-refractivity contribution in [1.82, 2.24) is 9.78 Å². The normalized spacial score (nSPS) is 25.6. The second-order valence-corrected chi connectivity index (χ2v) is 3.94. The van der Waals surface area contributed by atoms with Crippen molar-refractivity contribution in [3.05, 3.63) is 18.0 Å². The zero-order valence-electron chi connectivity index (χ0n) is 8.41. The molecule has 2 atom stereocenters. The number of hydrogen-bond acceptors (Lipinski definition) is 2. The molecule has 0 N–H and O–H groups in total. The Morgan fingerprint density at radius 3 is 2.75 bits per heavy atom. The Morgan fingerprint density at radius 2 is 2.19 bits per heavy atom. The minimum atomic E-state index is -4.36. The summed E-state index contributed by atoms with van der Waals surface area (Å²) < 4.78 is 38.3. The van der Waals surface area contributed by atoms with E-state index in [1.165, 1.54) is 4.68 Å². The van der Waals surface area contributed by atoms with Gasteiger partial charge in [-0.25, -0.2) is 0 Å². The first kappa shape index (κ1) is 11.0. The fraction of sp³-hybridized carbons (Fsp3) is 0.600. The van der Waals surface area contributed by atoms with Crippen LogP contribution < -0.4 is 0 Å². The van der Waals surface area contributed by atoms with Crippen LogP contribution in [0, 0.1) is 17.2 Å². The van der Waals surface area contributed by atoms with Crippen molar-refractivity contribution in [1.29, 1.82) is 5.26 Å². The monoisotopic (exact) mass is 229 g/mol. The van der Waals surface area contributed by atoms with E-state index in [1.54, 1.807) is 0 Å². The van der Waals surface area contributed by atoms with Crippen LogP contribution in [0.1, 0.15) is 30.9 Å². The third-order valence-electron chi connectivity index (χ3n) is 2.91. The molecule has 1 fully saturated rings. The van der Waals surface area contributed by atoms with Crippen LogP contribution in [0.15, 0.2) is 12.4 Å². The van der Waals surface area contributed by atoms with Crippen LogP contribution in [0.25, 0.3) is 0 Å². The molecule has 1 aliphatic rings. The molecule has 2 unspecified atom stereocenters. The van der Waals surface area contributed by atoms with Crippen LogP contribution in [0.2, 0.25) is 0 Å². The van der Waals surface area contributed by atoms with Crippen LogP contribution in [0.5, 0.6) is 0 Å². The quantitative estimate of drug-likeness (QED) is 0.743.